The number of rotatable bonds is 2. The molecule has 2 unspecified atom stereocenters. The molecule has 0 aromatic heterocycles. The summed E-state index contributed by atoms with van der Waals surface area (Å²) in [6.45, 7) is 4.94. The van der Waals surface area contributed by atoms with Gasteiger partial charge in [0.1, 0.15) is 0 Å². The number of hydrogen-bond acceptors (Lipinski definition) is 2. The number of likely N-dealkylation sites (tertiary alicyclic amines) is 1. The molecule has 1 saturated heterocycles. The van der Waals surface area contributed by atoms with Crippen LogP contribution in [0.15, 0.2) is 35.2 Å². The lowest BCUT2D eigenvalue weighted by atomic mass is 9.47. The number of carbonyl (C=O) groups is 1. The van der Waals surface area contributed by atoms with E-state index in [1.807, 2.05) is 37.4 Å². The molecule has 158 valence electrons. The van der Waals surface area contributed by atoms with Gasteiger partial charge in [-0.2, -0.15) is 0 Å². The fraction of sp³-hybridized carbons (Fsp3) is 0.720. The van der Waals surface area contributed by atoms with E-state index in [1.165, 1.54) is 25.7 Å². The van der Waals surface area contributed by atoms with Crippen molar-refractivity contribution in [1.29, 1.82) is 0 Å². The van der Waals surface area contributed by atoms with Gasteiger partial charge in [0.2, 0.25) is 5.91 Å². The molecule has 1 aromatic carbocycles. The maximum absolute atomic E-state index is 13.5. The first-order valence-corrected chi connectivity index (χ1v) is 12.8. The van der Waals surface area contributed by atoms with Crippen molar-refractivity contribution in [2.45, 2.75) is 81.4 Å². The van der Waals surface area contributed by atoms with Crippen LogP contribution < -0.4 is 0 Å². The minimum atomic E-state index is -0.910. The molecule has 0 bridgehead atoms. The van der Waals surface area contributed by atoms with Crippen LogP contribution in [0.4, 0.5) is 0 Å². The molecule has 3 nitrogen and oxygen atoms in total. The Hall–Kier alpha value is -1.16. The molecule has 1 heterocycles. The third kappa shape index (κ3) is 2.80. The van der Waals surface area contributed by atoms with Crippen LogP contribution in [0.1, 0.15) is 65.2 Å². The van der Waals surface area contributed by atoms with E-state index in [1.54, 1.807) is 0 Å². The molecule has 1 amide bonds. The van der Waals surface area contributed by atoms with Gasteiger partial charge in [-0.1, -0.05) is 32.0 Å². The number of hydrogen-bond donors (Lipinski definition) is 0. The van der Waals surface area contributed by atoms with Gasteiger partial charge in [-0.05, 0) is 85.7 Å². The molecule has 3 aliphatic carbocycles. The number of piperidine rings is 1. The van der Waals surface area contributed by atoms with Crippen molar-refractivity contribution in [2.24, 2.45) is 28.6 Å². The quantitative estimate of drug-likeness (QED) is 0.682. The molecule has 0 spiro atoms. The average molecular weight is 414 g/mol. The highest BCUT2D eigenvalue weighted by molar-refractivity contribution is 7.85. The summed E-state index contributed by atoms with van der Waals surface area (Å²) in [5.74, 6) is 2.50. The van der Waals surface area contributed by atoms with Crippen molar-refractivity contribution < 1.29 is 9.00 Å². The van der Waals surface area contributed by atoms with E-state index in [-0.39, 0.29) is 16.1 Å². The lowest BCUT2D eigenvalue weighted by molar-refractivity contribution is -0.156. The Balaban J connectivity index is 1.42. The Morgan fingerprint density at radius 1 is 0.931 bits per heavy atom. The van der Waals surface area contributed by atoms with Crippen LogP contribution in [0, 0.1) is 28.6 Å². The lowest BCUT2D eigenvalue weighted by Crippen LogP contribution is -2.61. The van der Waals surface area contributed by atoms with Crippen molar-refractivity contribution in [3.8, 4) is 0 Å². The Kier molecular flexibility index (Phi) is 4.73. The fourth-order valence-corrected chi connectivity index (χ4v) is 10.1. The largest absolute Gasteiger partial charge is 0.342 e. The highest BCUT2D eigenvalue weighted by Gasteiger charge is 2.61. The maximum Gasteiger partial charge on any atom is 0.222 e. The highest BCUT2D eigenvalue weighted by atomic mass is 32.2. The summed E-state index contributed by atoms with van der Waals surface area (Å²) in [7, 11) is 1.12. The maximum atomic E-state index is 13.5. The third-order valence-electron chi connectivity index (χ3n) is 9.70. The van der Waals surface area contributed by atoms with Gasteiger partial charge in [0.15, 0.2) is 0 Å². The Morgan fingerprint density at radius 3 is 2.41 bits per heavy atom. The summed E-state index contributed by atoms with van der Waals surface area (Å²) < 4.78 is 13.5. The molecule has 1 aromatic rings. The molecule has 8 atom stereocenters. The first-order chi connectivity index (χ1) is 13.9. The number of benzene rings is 1. The van der Waals surface area contributed by atoms with Crippen molar-refractivity contribution in [3.05, 3.63) is 30.3 Å². The summed E-state index contributed by atoms with van der Waals surface area (Å²) in [4.78, 5) is 15.4. The zero-order valence-electron chi connectivity index (χ0n) is 18.1. The summed E-state index contributed by atoms with van der Waals surface area (Å²) in [6.07, 6.45) is 8.95. The second-order valence-corrected chi connectivity index (χ2v) is 12.3. The predicted octanol–water partition coefficient (Wildman–Crippen LogP) is 5.03. The summed E-state index contributed by atoms with van der Waals surface area (Å²) in [5.41, 5.74) is 0.463. The van der Waals surface area contributed by atoms with Gasteiger partial charge in [-0.15, -0.1) is 0 Å². The molecular weight excluding hydrogens is 378 g/mol. The standard InChI is InChI=1S/C25H35NO2S/c1-24-16-14-23(27)26(3)21(24)11-9-18-19-10-12-22(25(19,2)15-13-20(18)24)29(28)17-7-5-4-6-8-17/h4-8,18-22H,9-16H2,1-3H3/t18-,19-,20-,21+,22?,24+,25-,29?/m0/s1. The second kappa shape index (κ2) is 6.93. The minimum absolute atomic E-state index is 0.196. The van der Waals surface area contributed by atoms with Gasteiger partial charge in [-0.25, -0.2) is 0 Å². The predicted molar refractivity (Wildman–Crippen MR) is 117 cm³/mol. The SMILES string of the molecule is CN1C(=O)CC[C@]2(C)[C@H]3CC[C@]4(C)C(S(=O)c5ccccc5)CC[C@H]4[C@@H]3CC[C@@H]12. The normalized spacial score (nSPS) is 45.3. The molecular formula is C25H35NO2S. The van der Waals surface area contributed by atoms with Crippen molar-refractivity contribution in [2.75, 3.05) is 7.05 Å². The Labute approximate surface area is 178 Å². The van der Waals surface area contributed by atoms with E-state index >= 15 is 0 Å². The zero-order chi connectivity index (χ0) is 20.4. The molecule has 4 aliphatic rings. The van der Waals surface area contributed by atoms with Gasteiger partial charge < -0.3 is 4.90 Å². The van der Waals surface area contributed by atoms with Crippen LogP contribution in [0.5, 0.6) is 0 Å². The van der Waals surface area contributed by atoms with E-state index in [0.717, 1.165) is 42.4 Å². The van der Waals surface area contributed by atoms with Gasteiger partial charge in [-0.3, -0.25) is 9.00 Å². The zero-order valence-corrected chi connectivity index (χ0v) is 18.9. The monoisotopic (exact) mass is 413 g/mol. The van der Waals surface area contributed by atoms with Crippen LogP contribution in [0.3, 0.4) is 0 Å². The van der Waals surface area contributed by atoms with E-state index in [2.05, 4.69) is 18.7 Å². The van der Waals surface area contributed by atoms with Crippen LogP contribution in [-0.4, -0.2) is 33.4 Å². The van der Waals surface area contributed by atoms with Crippen LogP contribution in [0.25, 0.3) is 0 Å². The number of amides is 1. The molecule has 0 radical (unpaired) electrons. The smallest absolute Gasteiger partial charge is 0.222 e. The fourth-order valence-electron chi connectivity index (χ4n) is 8.17. The van der Waals surface area contributed by atoms with Crippen LogP contribution >= 0.6 is 0 Å². The van der Waals surface area contributed by atoms with Gasteiger partial charge in [0.25, 0.3) is 0 Å². The Bertz CT molecular complexity index is 825. The van der Waals surface area contributed by atoms with E-state index < -0.39 is 10.8 Å². The molecule has 0 N–H and O–H groups in total. The first-order valence-electron chi connectivity index (χ1n) is 11.6. The van der Waals surface area contributed by atoms with E-state index in [0.29, 0.717) is 17.9 Å². The molecule has 4 heteroatoms. The highest BCUT2D eigenvalue weighted by Crippen LogP contribution is 2.65. The Morgan fingerprint density at radius 2 is 1.66 bits per heavy atom. The lowest BCUT2D eigenvalue weighted by Gasteiger charge is -2.61. The summed E-state index contributed by atoms with van der Waals surface area (Å²) in [6, 6.07) is 10.5. The summed E-state index contributed by atoms with van der Waals surface area (Å²) in [5, 5.41) is 0.289. The van der Waals surface area contributed by atoms with Crippen molar-refractivity contribution >= 4 is 16.7 Å². The second-order valence-electron chi connectivity index (χ2n) is 10.7. The van der Waals surface area contributed by atoms with E-state index in [9.17, 15) is 9.00 Å². The van der Waals surface area contributed by atoms with Gasteiger partial charge in [0, 0.05) is 29.7 Å². The topological polar surface area (TPSA) is 37.4 Å². The van der Waals surface area contributed by atoms with E-state index in [4.69, 9.17) is 0 Å². The number of nitrogens with zero attached hydrogens (tertiary/aromatic N) is 1. The molecule has 3 saturated carbocycles. The molecule has 29 heavy (non-hydrogen) atoms. The van der Waals surface area contributed by atoms with Gasteiger partial charge in [0.05, 0.1) is 10.8 Å². The molecule has 1 aliphatic heterocycles. The van der Waals surface area contributed by atoms with Crippen LogP contribution in [0.2, 0.25) is 0 Å². The molecule has 5 rings (SSSR count). The van der Waals surface area contributed by atoms with Crippen molar-refractivity contribution in [1.82, 2.24) is 4.90 Å². The summed E-state index contributed by atoms with van der Waals surface area (Å²) >= 11 is 0. The number of fused-ring (bicyclic) bond motifs is 5. The van der Waals surface area contributed by atoms with Gasteiger partial charge >= 0.3 is 0 Å². The minimum Gasteiger partial charge on any atom is -0.342 e. The molecule has 4 fully saturated rings. The third-order valence-corrected chi connectivity index (χ3v) is 11.7. The first kappa shape index (κ1) is 19.8. The van der Waals surface area contributed by atoms with Crippen molar-refractivity contribution in [3.63, 3.8) is 0 Å². The van der Waals surface area contributed by atoms with Crippen LogP contribution in [-0.2, 0) is 15.6 Å². The average Bonchev–Trinajstić information content (AvgIpc) is 3.08. The number of carbonyl (C=O) groups excluding carboxylic acids is 1.